The third-order valence-electron chi connectivity index (χ3n) is 5.72. The van der Waals surface area contributed by atoms with E-state index in [2.05, 4.69) is 39.4 Å². The van der Waals surface area contributed by atoms with Gasteiger partial charge < -0.3 is 14.8 Å². The number of nitriles is 1. The number of carbonyl (C=O) groups excluding carboxylic acids is 1. The molecule has 0 heterocycles. The van der Waals surface area contributed by atoms with E-state index in [0.717, 1.165) is 21.9 Å². The first kappa shape index (κ1) is 26.3. The van der Waals surface area contributed by atoms with Gasteiger partial charge in [0.1, 0.15) is 18.2 Å². The Kier molecular flexibility index (Phi) is 8.50. The lowest BCUT2D eigenvalue weighted by molar-refractivity contribution is -0.112. The molecule has 0 radical (unpaired) electrons. The van der Waals surface area contributed by atoms with Crippen molar-refractivity contribution in [3.8, 4) is 17.6 Å². The van der Waals surface area contributed by atoms with Gasteiger partial charge in [0.2, 0.25) is 0 Å². The summed E-state index contributed by atoms with van der Waals surface area (Å²) in [5.74, 6) is 0.528. The molecule has 0 atom stereocenters. The molecule has 1 N–H and O–H groups in total. The molecule has 0 aromatic heterocycles. The second kappa shape index (κ2) is 12.0. The zero-order valence-electron chi connectivity index (χ0n) is 20.3. The van der Waals surface area contributed by atoms with Crippen LogP contribution >= 0.6 is 27.5 Å². The Morgan fingerprint density at radius 1 is 1.05 bits per heavy atom. The summed E-state index contributed by atoms with van der Waals surface area (Å²) in [6.07, 6.45) is 1.51. The average molecular weight is 576 g/mol. The Balaban J connectivity index is 1.59. The van der Waals surface area contributed by atoms with Gasteiger partial charge in [0.25, 0.3) is 5.91 Å². The molecule has 0 saturated carbocycles. The molecule has 7 heteroatoms. The molecular formula is C30H24BrClN2O3. The molecule has 0 aliphatic heterocycles. The Morgan fingerprint density at radius 3 is 2.57 bits per heavy atom. The lowest BCUT2D eigenvalue weighted by atomic mass is 10.1. The molecule has 0 unspecified atom stereocenters. The van der Waals surface area contributed by atoms with Crippen molar-refractivity contribution in [1.82, 2.24) is 0 Å². The predicted octanol–water partition coefficient (Wildman–Crippen LogP) is 8.09. The van der Waals surface area contributed by atoms with Gasteiger partial charge in [-0.15, -0.1) is 0 Å². The van der Waals surface area contributed by atoms with Crippen LogP contribution in [-0.2, 0) is 11.4 Å². The van der Waals surface area contributed by atoms with Crippen molar-refractivity contribution in [3.05, 3.63) is 105 Å². The van der Waals surface area contributed by atoms with Gasteiger partial charge in [0.05, 0.1) is 6.61 Å². The number of carbonyl (C=O) groups is 1. The van der Waals surface area contributed by atoms with Crippen LogP contribution < -0.4 is 14.8 Å². The standard InChI is InChI=1S/C30H24BrClN2O3/c1-3-36-28-14-22(13-23(17-33)30(35)34-24-12-11-19(2)27(32)15-24)26(31)16-29(28)37-18-21-9-6-8-20-7-4-5-10-25(20)21/h4-16H,3,18H2,1-2H3,(H,34,35)/b23-13-. The van der Waals surface area contributed by atoms with E-state index in [-0.39, 0.29) is 5.57 Å². The molecule has 4 aromatic carbocycles. The number of amides is 1. The van der Waals surface area contributed by atoms with E-state index in [1.807, 2.05) is 44.2 Å². The first-order valence-electron chi connectivity index (χ1n) is 11.6. The van der Waals surface area contributed by atoms with Crippen molar-refractivity contribution in [3.63, 3.8) is 0 Å². The van der Waals surface area contributed by atoms with Gasteiger partial charge in [-0.25, -0.2) is 0 Å². The van der Waals surface area contributed by atoms with Crippen LogP contribution in [-0.4, -0.2) is 12.5 Å². The summed E-state index contributed by atoms with van der Waals surface area (Å²) in [6, 6.07) is 25.0. The van der Waals surface area contributed by atoms with Gasteiger partial charge >= 0.3 is 0 Å². The van der Waals surface area contributed by atoms with E-state index in [0.29, 0.717) is 45.5 Å². The van der Waals surface area contributed by atoms with Crippen molar-refractivity contribution < 1.29 is 14.3 Å². The Morgan fingerprint density at radius 2 is 1.81 bits per heavy atom. The maximum absolute atomic E-state index is 12.8. The van der Waals surface area contributed by atoms with Crippen LogP contribution in [0.3, 0.4) is 0 Å². The quantitative estimate of drug-likeness (QED) is 0.170. The lowest BCUT2D eigenvalue weighted by Crippen LogP contribution is -2.13. The van der Waals surface area contributed by atoms with Gasteiger partial charge in [-0.1, -0.05) is 76.1 Å². The Bertz CT molecular complexity index is 1540. The number of fused-ring (bicyclic) bond motifs is 1. The van der Waals surface area contributed by atoms with E-state index in [9.17, 15) is 10.1 Å². The summed E-state index contributed by atoms with van der Waals surface area (Å²) >= 11 is 9.70. The molecule has 0 spiro atoms. The number of nitrogens with zero attached hydrogens (tertiary/aromatic N) is 1. The molecule has 0 bridgehead atoms. The van der Waals surface area contributed by atoms with Gasteiger partial charge in [-0.3, -0.25) is 4.79 Å². The van der Waals surface area contributed by atoms with Crippen LogP contribution in [0.25, 0.3) is 16.8 Å². The normalized spacial score (nSPS) is 11.2. The van der Waals surface area contributed by atoms with Crippen molar-refractivity contribution in [2.24, 2.45) is 0 Å². The molecule has 5 nitrogen and oxygen atoms in total. The van der Waals surface area contributed by atoms with Gasteiger partial charge in [-0.2, -0.15) is 5.26 Å². The topological polar surface area (TPSA) is 71.3 Å². The van der Waals surface area contributed by atoms with Gasteiger partial charge in [-0.05, 0) is 71.7 Å². The number of aryl methyl sites for hydroxylation is 1. The maximum Gasteiger partial charge on any atom is 0.266 e. The van der Waals surface area contributed by atoms with E-state index in [1.54, 1.807) is 30.3 Å². The molecular weight excluding hydrogens is 552 g/mol. The second-order valence-corrected chi connectivity index (χ2v) is 9.53. The average Bonchev–Trinajstić information content (AvgIpc) is 2.90. The molecule has 0 aliphatic carbocycles. The fraction of sp³-hybridized carbons (Fsp3) is 0.133. The van der Waals surface area contributed by atoms with Gasteiger partial charge in [0, 0.05) is 15.2 Å². The van der Waals surface area contributed by atoms with E-state index in [1.165, 1.54) is 6.08 Å². The minimum absolute atomic E-state index is 0.0655. The van der Waals surface area contributed by atoms with Crippen LogP contribution in [0.4, 0.5) is 5.69 Å². The summed E-state index contributed by atoms with van der Waals surface area (Å²) in [7, 11) is 0. The second-order valence-electron chi connectivity index (χ2n) is 8.27. The number of ether oxygens (including phenoxy) is 2. The minimum atomic E-state index is -0.538. The number of rotatable bonds is 8. The zero-order valence-corrected chi connectivity index (χ0v) is 22.7. The van der Waals surface area contributed by atoms with E-state index >= 15 is 0 Å². The van der Waals surface area contributed by atoms with Crippen LogP contribution in [0.2, 0.25) is 5.02 Å². The smallest absolute Gasteiger partial charge is 0.266 e. The summed E-state index contributed by atoms with van der Waals surface area (Å²) in [5, 5.41) is 15.2. The Labute approximate surface area is 229 Å². The number of benzene rings is 4. The molecule has 1 amide bonds. The number of halogens is 2. The molecule has 4 aromatic rings. The van der Waals surface area contributed by atoms with Crippen LogP contribution in [0.5, 0.6) is 11.5 Å². The zero-order chi connectivity index (χ0) is 26.4. The molecule has 37 heavy (non-hydrogen) atoms. The Hall–Kier alpha value is -3.79. The number of hydrogen-bond acceptors (Lipinski definition) is 4. The summed E-state index contributed by atoms with van der Waals surface area (Å²) in [4.78, 5) is 12.8. The molecule has 0 aliphatic rings. The van der Waals surface area contributed by atoms with E-state index in [4.69, 9.17) is 21.1 Å². The first-order chi connectivity index (χ1) is 17.9. The monoisotopic (exact) mass is 574 g/mol. The molecule has 186 valence electrons. The summed E-state index contributed by atoms with van der Waals surface area (Å²) in [6.45, 7) is 4.54. The highest BCUT2D eigenvalue weighted by Crippen LogP contribution is 2.36. The summed E-state index contributed by atoms with van der Waals surface area (Å²) < 4.78 is 12.7. The third kappa shape index (κ3) is 6.32. The highest BCUT2D eigenvalue weighted by Gasteiger charge is 2.15. The fourth-order valence-corrected chi connectivity index (χ4v) is 4.41. The molecule has 4 rings (SSSR count). The van der Waals surface area contributed by atoms with Crippen molar-refractivity contribution in [2.75, 3.05) is 11.9 Å². The van der Waals surface area contributed by atoms with Crippen LogP contribution in [0, 0.1) is 18.3 Å². The van der Waals surface area contributed by atoms with Crippen molar-refractivity contribution in [2.45, 2.75) is 20.5 Å². The fourth-order valence-electron chi connectivity index (χ4n) is 3.79. The summed E-state index contributed by atoms with van der Waals surface area (Å²) in [5.41, 5.74) is 3.00. The van der Waals surface area contributed by atoms with E-state index < -0.39 is 5.91 Å². The van der Waals surface area contributed by atoms with Gasteiger partial charge in [0.15, 0.2) is 11.5 Å². The highest BCUT2D eigenvalue weighted by molar-refractivity contribution is 9.10. The SMILES string of the molecule is CCOc1cc(/C=C(/C#N)C(=O)Nc2ccc(C)c(Cl)c2)c(Br)cc1OCc1cccc2ccccc12. The predicted molar refractivity (Wildman–Crippen MR) is 152 cm³/mol. The van der Waals surface area contributed by atoms with Crippen molar-refractivity contribution >= 4 is 56.0 Å². The van der Waals surface area contributed by atoms with Crippen molar-refractivity contribution in [1.29, 1.82) is 5.26 Å². The highest BCUT2D eigenvalue weighted by atomic mass is 79.9. The first-order valence-corrected chi connectivity index (χ1v) is 12.8. The lowest BCUT2D eigenvalue weighted by Gasteiger charge is -2.15. The maximum atomic E-state index is 12.8. The minimum Gasteiger partial charge on any atom is -0.490 e. The molecule has 0 saturated heterocycles. The third-order valence-corrected chi connectivity index (χ3v) is 6.81. The number of anilines is 1. The number of nitrogens with one attached hydrogen (secondary N) is 1. The molecule has 0 fully saturated rings. The largest absolute Gasteiger partial charge is 0.490 e. The van der Waals surface area contributed by atoms with Crippen LogP contribution in [0.1, 0.15) is 23.6 Å². The number of hydrogen-bond donors (Lipinski definition) is 1. The van der Waals surface area contributed by atoms with Crippen LogP contribution in [0.15, 0.2) is 82.8 Å².